The van der Waals surface area contributed by atoms with Crippen LogP contribution in [0.5, 0.6) is 0 Å². The van der Waals surface area contributed by atoms with Gasteiger partial charge in [0.1, 0.15) is 0 Å². The number of alkyl halides is 1. The summed E-state index contributed by atoms with van der Waals surface area (Å²) in [5.74, 6) is 6.12. The average Bonchev–Trinajstić information content (AvgIpc) is 2.65. The van der Waals surface area contributed by atoms with Gasteiger partial charge < -0.3 is 4.98 Å². The zero-order chi connectivity index (χ0) is 9.80. The maximum absolute atomic E-state index is 4.27. The van der Waals surface area contributed by atoms with E-state index in [0.29, 0.717) is 0 Å². The van der Waals surface area contributed by atoms with E-state index in [4.69, 9.17) is 0 Å². The first-order chi connectivity index (χ1) is 6.90. The molecule has 0 unspecified atom stereocenters. The van der Waals surface area contributed by atoms with Crippen LogP contribution in [0.2, 0.25) is 0 Å². The second-order valence-electron chi connectivity index (χ2n) is 2.88. The lowest BCUT2D eigenvalue weighted by molar-refractivity contribution is 1.31. The van der Waals surface area contributed by atoms with Gasteiger partial charge in [0.15, 0.2) is 0 Å². The topological polar surface area (TPSA) is 28.7 Å². The van der Waals surface area contributed by atoms with Crippen molar-refractivity contribution in [1.29, 1.82) is 0 Å². The van der Waals surface area contributed by atoms with Crippen LogP contribution in [0.15, 0.2) is 24.5 Å². The van der Waals surface area contributed by atoms with Crippen LogP contribution in [-0.4, -0.2) is 15.3 Å². The molecule has 2 aromatic rings. The number of aromatic amines is 1. The van der Waals surface area contributed by atoms with Gasteiger partial charge >= 0.3 is 0 Å². The van der Waals surface area contributed by atoms with E-state index < -0.39 is 0 Å². The Balaban J connectivity index is 2.31. The lowest BCUT2D eigenvalue weighted by Gasteiger charge is -1.90. The molecule has 70 valence electrons. The highest BCUT2D eigenvalue weighted by atomic mass is 79.9. The summed E-state index contributed by atoms with van der Waals surface area (Å²) >= 11 is 3.33. The third-order valence-corrected chi connectivity index (χ3v) is 2.25. The Kier molecular flexibility index (Phi) is 2.85. The van der Waals surface area contributed by atoms with E-state index in [2.05, 4.69) is 37.7 Å². The molecule has 0 aliphatic rings. The van der Waals surface area contributed by atoms with Gasteiger partial charge in [0, 0.05) is 29.7 Å². The summed E-state index contributed by atoms with van der Waals surface area (Å²) in [6.07, 6.45) is 4.55. The molecular weight excluding hydrogens is 240 g/mol. The molecule has 0 saturated heterocycles. The molecule has 0 fully saturated rings. The number of hydrogen-bond donors (Lipinski definition) is 1. The SMILES string of the molecule is BrCCC#Cc1cnc2cc[nH]c2c1. The summed E-state index contributed by atoms with van der Waals surface area (Å²) < 4.78 is 0. The molecular formula is C11H9BrN2. The van der Waals surface area contributed by atoms with E-state index in [9.17, 15) is 0 Å². The summed E-state index contributed by atoms with van der Waals surface area (Å²) in [6.45, 7) is 0. The van der Waals surface area contributed by atoms with Crippen LogP contribution in [0.3, 0.4) is 0 Å². The Morgan fingerprint density at radius 3 is 3.29 bits per heavy atom. The molecule has 0 aliphatic carbocycles. The summed E-state index contributed by atoms with van der Waals surface area (Å²) in [5.41, 5.74) is 2.98. The minimum Gasteiger partial charge on any atom is -0.360 e. The van der Waals surface area contributed by atoms with E-state index in [0.717, 1.165) is 28.3 Å². The summed E-state index contributed by atoms with van der Waals surface area (Å²) in [6, 6.07) is 3.97. The number of nitrogens with zero attached hydrogens (tertiary/aromatic N) is 1. The van der Waals surface area contributed by atoms with Crippen LogP contribution >= 0.6 is 15.9 Å². The van der Waals surface area contributed by atoms with Crippen molar-refractivity contribution >= 4 is 27.0 Å². The highest BCUT2D eigenvalue weighted by Crippen LogP contribution is 2.09. The molecule has 0 atom stereocenters. The van der Waals surface area contributed by atoms with Gasteiger partial charge in [-0.2, -0.15) is 0 Å². The molecule has 0 bridgehead atoms. The van der Waals surface area contributed by atoms with Crippen molar-refractivity contribution in [2.24, 2.45) is 0 Å². The summed E-state index contributed by atoms with van der Waals surface area (Å²) in [5, 5.41) is 0.915. The van der Waals surface area contributed by atoms with Gasteiger partial charge in [-0.25, -0.2) is 0 Å². The molecule has 2 aromatic heterocycles. The standard InChI is InChI=1S/C11H9BrN2/c12-5-2-1-3-9-7-11-10(14-8-9)4-6-13-11/h4,6-8,13H,2,5H2. The lowest BCUT2D eigenvalue weighted by atomic mass is 10.2. The van der Waals surface area contributed by atoms with Gasteiger partial charge in [-0.3, -0.25) is 4.98 Å². The molecule has 0 spiro atoms. The van der Waals surface area contributed by atoms with Gasteiger partial charge in [0.25, 0.3) is 0 Å². The number of pyridine rings is 1. The first kappa shape index (κ1) is 9.29. The fourth-order valence-electron chi connectivity index (χ4n) is 1.21. The Bertz CT molecular complexity index is 490. The number of aromatic nitrogens is 2. The molecule has 0 aromatic carbocycles. The van der Waals surface area contributed by atoms with Crippen LogP contribution in [0.4, 0.5) is 0 Å². The van der Waals surface area contributed by atoms with Crippen molar-refractivity contribution < 1.29 is 0 Å². The van der Waals surface area contributed by atoms with Gasteiger partial charge in [0.2, 0.25) is 0 Å². The number of rotatable bonds is 1. The largest absolute Gasteiger partial charge is 0.360 e. The summed E-state index contributed by atoms with van der Waals surface area (Å²) in [4.78, 5) is 7.39. The first-order valence-corrected chi connectivity index (χ1v) is 5.50. The maximum Gasteiger partial charge on any atom is 0.0879 e. The predicted molar refractivity (Wildman–Crippen MR) is 61.4 cm³/mol. The molecule has 1 N–H and O–H groups in total. The normalized spacial score (nSPS) is 9.79. The lowest BCUT2D eigenvalue weighted by Crippen LogP contribution is -1.79. The van der Waals surface area contributed by atoms with Crippen LogP contribution < -0.4 is 0 Å². The van der Waals surface area contributed by atoms with Gasteiger partial charge in [0.05, 0.1) is 11.0 Å². The Morgan fingerprint density at radius 1 is 1.50 bits per heavy atom. The molecule has 14 heavy (non-hydrogen) atoms. The Morgan fingerprint density at radius 2 is 2.43 bits per heavy atom. The van der Waals surface area contributed by atoms with E-state index in [-0.39, 0.29) is 0 Å². The van der Waals surface area contributed by atoms with Gasteiger partial charge in [-0.1, -0.05) is 27.8 Å². The minimum atomic E-state index is 0.864. The molecule has 2 heterocycles. The Labute approximate surface area is 90.9 Å². The second kappa shape index (κ2) is 4.30. The number of nitrogens with one attached hydrogen (secondary N) is 1. The zero-order valence-electron chi connectivity index (χ0n) is 7.55. The number of H-pyrrole nitrogens is 1. The third kappa shape index (κ3) is 1.97. The maximum atomic E-state index is 4.27. The fourth-order valence-corrected chi connectivity index (χ4v) is 1.41. The Hall–Kier alpha value is -1.27. The molecule has 0 saturated carbocycles. The molecule has 2 nitrogen and oxygen atoms in total. The van der Waals surface area contributed by atoms with E-state index in [1.165, 1.54) is 0 Å². The minimum absolute atomic E-state index is 0.864. The van der Waals surface area contributed by atoms with E-state index >= 15 is 0 Å². The van der Waals surface area contributed by atoms with Gasteiger partial charge in [-0.05, 0) is 12.1 Å². The fraction of sp³-hybridized carbons (Fsp3) is 0.182. The number of fused-ring (bicyclic) bond motifs is 1. The van der Waals surface area contributed by atoms with Crippen molar-refractivity contribution in [2.45, 2.75) is 6.42 Å². The third-order valence-electron chi connectivity index (χ3n) is 1.85. The average molecular weight is 249 g/mol. The molecule has 0 aliphatic heterocycles. The quantitative estimate of drug-likeness (QED) is 0.611. The van der Waals surface area contributed by atoms with Crippen molar-refractivity contribution in [3.63, 3.8) is 0 Å². The van der Waals surface area contributed by atoms with Gasteiger partial charge in [-0.15, -0.1) is 0 Å². The second-order valence-corrected chi connectivity index (χ2v) is 3.67. The van der Waals surface area contributed by atoms with Crippen molar-refractivity contribution in [2.75, 3.05) is 5.33 Å². The van der Waals surface area contributed by atoms with Crippen molar-refractivity contribution in [3.05, 3.63) is 30.1 Å². The highest BCUT2D eigenvalue weighted by molar-refractivity contribution is 9.09. The van der Waals surface area contributed by atoms with Crippen LogP contribution in [0, 0.1) is 11.8 Å². The van der Waals surface area contributed by atoms with Crippen LogP contribution in [0.25, 0.3) is 11.0 Å². The van der Waals surface area contributed by atoms with Crippen molar-refractivity contribution in [1.82, 2.24) is 9.97 Å². The number of halogens is 1. The zero-order valence-corrected chi connectivity index (χ0v) is 9.13. The first-order valence-electron chi connectivity index (χ1n) is 4.38. The van der Waals surface area contributed by atoms with Crippen molar-refractivity contribution in [3.8, 4) is 11.8 Å². The molecule has 0 amide bonds. The van der Waals surface area contributed by atoms with E-state index in [1.54, 1.807) is 6.20 Å². The smallest absolute Gasteiger partial charge is 0.0879 e. The van der Waals surface area contributed by atoms with Crippen LogP contribution in [0.1, 0.15) is 12.0 Å². The predicted octanol–water partition coefficient (Wildman–Crippen LogP) is 2.70. The number of hydrogen-bond acceptors (Lipinski definition) is 1. The monoisotopic (exact) mass is 248 g/mol. The molecule has 0 radical (unpaired) electrons. The highest BCUT2D eigenvalue weighted by Gasteiger charge is 1.94. The summed E-state index contributed by atoms with van der Waals surface area (Å²) in [7, 11) is 0. The van der Waals surface area contributed by atoms with Crippen LogP contribution in [-0.2, 0) is 0 Å². The molecule has 2 rings (SSSR count). The van der Waals surface area contributed by atoms with E-state index in [1.807, 2.05) is 18.3 Å². The molecule has 3 heteroatoms.